The van der Waals surface area contributed by atoms with Crippen LogP contribution in [0.25, 0.3) is 0 Å². The van der Waals surface area contributed by atoms with Crippen molar-refractivity contribution in [2.45, 2.75) is 19.4 Å². The van der Waals surface area contributed by atoms with Gasteiger partial charge >= 0.3 is 0 Å². The topological polar surface area (TPSA) is 21.3 Å². The molecule has 0 bridgehead atoms. The largest absolute Gasteiger partial charge is 0.379 e. The van der Waals surface area contributed by atoms with Crippen molar-refractivity contribution in [2.75, 3.05) is 20.3 Å². The lowest BCUT2D eigenvalue weighted by molar-refractivity contribution is 0.113. The number of likely N-dealkylation sites (N-methyl/N-ethyl adjacent to an activating group) is 1. The number of benzene rings is 1. The molecule has 1 atom stereocenters. The summed E-state index contributed by atoms with van der Waals surface area (Å²) in [5.74, 6) is -0.299. The Morgan fingerprint density at radius 3 is 2.81 bits per heavy atom. The van der Waals surface area contributed by atoms with E-state index in [0.29, 0.717) is 23.8 Å². The first-order chi connectivity index (χ1) is 7.69. The molecule has 0 amide bonds. The molecule has 0 aromatic heterocycles. The third-order valence-electron chi connectivity index (χ3n) is 2.32. The molecule has 1 aromatic rings. The van der Waals surface area contributed by atoms with Gasteiger partial charge in [-0.05, 0) is 25.6 Å². The molecular weight excluding hydrogens is 229 g/mol. The first-order valence-electron chi connectivity index (χ1n) is 5.39. The van der Waals surface area contributed by atoms with E-state index in [-0.39, 0.29) is 11.9 Å². The second-order valence-corrected chi connectivity index (χ2v) is 4.02. The van der Waals surface area contributed by atoms with E-state index in [0.717, 1.165) is 6.42 Å². The third-order valence-corrected chi connectivity index (χ3v) is 2.55. The number of rotatable bonds is 6. The lowest BCUT2D eigenvalue weighted by atomic mass is 10.1. The SMILES string of the molecule is CCCOCC(NC)c1ccc(Cl)cc1F. The highest BCUT2D eigenvalue weighted by Crippen LogP contribution is 2.20. The first-order valence-corrected chi connectivity index (χ1v) is 5.76. The van der Waals surface area contributed by atoms with Gasteiger partial charge in [0.2, 0.25) is 0 Å². The molecule has 0 radical (unpaired) electrons. The maximum Gasteiger partial charge on any atom is 0.129 e. The van der Waals surface area contributed by atoms with Crippen LogP contribution in [0.2, 0.25) is 5.02 Å². The number of nitrogens with one attached hydrogen (secondary N) is 1. The molecule has 0 aliphatic heterocycles. The highest BCUT2D eigenvalue weighted by Gasteiger charge is 2.14. The van der Waals surface area contributed by atoms with Gasteiger partial charge in [-0.3, -0.25) is 0 Å². The maximum absolute atomic E-state index is 13.6. The van der Waals surface area contributed by atoms with E-state index >= 15 is 0 Å². The van der Waals surface area contributed by atoms with Crippen LogP contribution in [0.3, 0.4) is 0 Å². The van der Waals surface area contributed by atoms with E-state index in [1.807, 2.05) is 6.92 Å². The summed E-state index contributed by atoms with van der Waals surface area (Å²) in [5.41, 5.74) is 0.586. The van der Waals surface area contributed by atoms with Gasteiger partial charge in [-0.15, -0.1) is 0 Å². The lowest BCUT2D eigenvalue weighted by Crippen LogP contribution is -2.23. The molecule has 2 nitrogen and oxygen atoms in total. The van der Waals surface area contributed by atoms with Gasteiger partial charge in [0.15, 0.2) is 0 Å². The van der Waals surface area contributed by atoms with E-state index in [2.05, 4.69) is 5.32 Å². The molecule has 0 spiro atoms. The van der Waals surface area contributed by atoms with Crippen LogP contribution in [-0.4, -0.2) is 20.3 Å². The van der Waals surface area contributed by atoms with Gasteiger partial charge in [0, 0.05) is 17.2 Å². The summed E-state index contributed by atoms with van der Waals surface area (Å²) in [5, 5.41) is 3.44. The van der Waals surface area contributed by atoms with Crippen molar-refractivity contribution in [1.29, 1.82) is 0 Å². The van der Waals surface area contributed by atoms with E-state index in [1.165, 1.54) is 6.07 Å². The number of hydrogen-bond donors (Lipinski definition) is 1. The summed E-state index contributed by atoms with van der Waals surface area (Å²) < 4.78 is 19.0. The molecule has 4 heteroatoms. The van der Waals surface area contributed by atoms with E-state index in [4.69, 9.17) is 16.3 Å². The van der Waals surface area contributed by atoms with Crippen LogP contribution in [0.15, 0.2) is 18.2 Å². The molecule has 1 aromatic carbocycles. The summed E-state index contributed by atoms with van der Waals surface area (Å²) in [6.45, 7) is 3.19. The van der Waals surface area contributed by atoms with Gasteiger partial charge in [-0.2, -0.15) is 0 Å². The van der Waals surface area contributed by atoms with Crippen LogP contribution in [0, 0.1) is 5.82 Å². The Morgan fingerprint density at radius 1 is 1.50 bits per heavy atom. The van der Waals surface area contributed by atoms with Gasteiger partial charge in [0.05, 0.1) is 12.6 Å². The van der Waals surface area contributed by atoms with Gasteiger partial charge in [0.1, 0.15) is 5.82 Å². The van der Waals surface area contributed by atoms with E-state index < -0.39 is 0 Å². The van der Waals surface area contributed by atoms with E-state index in [1.54, 1.807) is 19.2 Å². The average Bonchev–Trinajstić information content (AvgIpc) is 2.26. The summed E-state index contributed by atoms with van der Waals surface area (Å²) >= 11 is 5.70. The Kier molecular flexibility index (Phi) is 5.74. The van der Waals surface area contributed by atoms with Gasteiger partial charge in [0.25, 0.3) is 0 Å². The van der Waals surface area contributed by atoms with Crippen molar-refractivity contribution in [1.82, 2.24) is 5.32 Å². The molecule has 1 N–H and O–H groups in total. The molecule has 1 rings (SSSR count). The van der Waals surface area contributed by atoms with Crippen LogP contribution in [-0.2, 0) is 4.74 Å². The Labute approximate surface area is 101 Å². The van der Waals surface area contributed by atoms with Crippen LogP contribution < -0.4 is 5.32 Å². The first kappa shape index (κ1) is 13.4. The second-order valence-electron chi connectivity index (χ2n) is 3.58. The molecule has 16 heavy (non-hydrogen) atoms. The molecule has 0 saturated carbocycles. The molecule has 0 aliphatic rings. The molecular formula is C12H17ClFNO. The predicted molar refractivity (Wildman–Crippen MR) is 64.3 cm³/mol. The van der Waals surface area contributed by atoms with Gasteiger partial charge < -0.3 is 10.1 Å². The van der Waals surface area contributed by atoms with Crippen molar-refractivity contribution in [3.63, 3.8) is 0 Å². The van der Waals surface area contributed by atoms with Crippen molar-refractivity contribution in [3.8, 4) is 0 Å². The monoisotopic (exact) mass is 245 g/mol. The van der Waals surface area contributed by atoms with Crippen molar-refractivity contribution in [3.05, 3.63) is 34.6 Å². The molecule has 90 valence electrons. The molecule has 1 unspecified atom stereocenters. The molecule has 0 fully saturated rings. The standard InChI is InChI=1S/C12H17ClFNO/c1-3-6-16-8-12(15-2)10-5-4-9(13)7-11(10)14/h4-5,7,12,15H,3,6,8H2,1-2H3. The number of halogens is 2. The minimum atomic E-state index is -0.299. The number of ether oxygens (including phenoxy) is 1. The van der Waals surface area contributed by atoms with Crippen molar-refractivity contribution >= 4 is 11.6 Å². The smallest absolute Gasteiger partial charge is 0.129 e. The molecule has 0 aliphatic carbocycles. The summed E-state index contributed by atoms with van der Waals surface area (Å²) in [6.07, 6.45) is 0.958. The maximum atomic E-state index is 13.6. The average molecular weight is 246 g/mol. The Morgan fingerprint density at radius 2 is 2.25 bits per heavy atom. The van der Waals surface area contributed by atoms with Crippen LogP contribution >= 0.6 is 11.6 Å². The fourth-order valence-electron chi connectivity index (χ4n) is 1.46. The normalized spacial score (nSPS) is 12.8. The van der Waals surface area contributed by atoms with Gasteiger partial charge in [-0.1, -0.05) is 24.6 Å². The van der Waals surface area contributed by atoms with Crippen LogP contribution in [0.5, 0.6) is 0 Å². The zero-order chi connectivity index (χ0) is 12.0. The van der Waals surface area contributed by atoms with Crippen LogP contribution in [0.1, 0.15) is 24.9 Å². The zero-order valence-electron chi connectivity index (χ0n) is 9.59. The second kappa shape index (κ2) is 6.84. The summed E-state index contributed by atoms with van der Waals surface area (Å²) in [4.78, 5) is 0. The lowest BCUT2D eigenvalue weighted by Gasteiger charge is -2.17. The number of hydrogen-bond acceptors (Lipinski definition) is 2. The zero-order valence-corrected chi connectivity index (χ0v) is 10.4. The minimum absolute atomic E-state index is 0.135. The third kappa shape index (κ3) is 3.74. The summed E-state index contributed by atoms with van der Waals surface area (Å²) in [7, 11) is 1.79. The Balaban J connectivity index is 2.70. The highest BCUT2D eigenvalue weighted by molar-refractivity contribution is 6.30. The fraction of sp³-hybridized carbons (Fsp3) is 0.500. The molecule has 0 heterocycles. The Hall–Kier alpha value is -0.640. The summed E-state index contributed by atoms with van der Waals surface area (Å²) in [6, 6.07) is 4.56. The van der Waals surface area contributed by atoms with Gasteiger partial charge in [-0.25, -0.2) is 4.39 Å². The highest BCUT2D eigenvalue weighted by atomic mass is 35.5. The molecule has 0 saturated heterocycles. The van der Waals surface area contributed by atoms with Crippen molar-refractivity contribution < 1.29 is 9.13 Å². The predicted octanol–water partition coefficient (Wildman–Crippen LogP) is 3.17. The fourth-order valence-corrected chi connectivity index (χ4v) is 1.62. The quantitative estimate of drug-likeness (QED) is 0.778. The van der Waals surface area contributed by atoms with Crippen LogP contribution in [0.4, 0.5) is 4.39 Å². The van der Waals surface area contributed by atoms with E-state index in [9.17, 15) is 4.39 Å². The van der Waals surface area contributed by atoms with Crippen molar-refractivity contribution in [2.24, 2.45) is 0 Å². The minimum Gasteiger partial charge on any atom is -0.379 e. The Bertz CT molecular complexity index is 333.